The van der Waals surface area contributed by atoms with Gasteiger partial charge in [0.15, 0.2) is 10.9 Å². The number of hydrogen-bond donors (Lipinski definition) is 1. The second kappa shape index (κ2) is 10.5. The van der Waals surface area contributed by atoms with Crippen molar-refractivity contribution in [2.75, 3.05) is 12.3 Å². The molecule has 3 aromatic carbocycles. The van der Waals surface area contributed by atoms with Gasteiger partial charge in [-0.1, -0.05) is 78.5 Å². The number of thioether (sulfide) groups is 1. The molecule has 0 saturated carbocycles. The predicted octanol–water partition coefficient (Wildman–Crippen LogP) is 4.21. The van der Waals surface area contributed by atoms with Crippen molar-refractivity contribution < 1.29 is 9.59 Å². The number of nitrogens with zero attached hydrogens (tertiary/aromatic N) is 3. The van der Waals surface area contributed by atoms with E-state index >= 15 is 0 Å². The maximum absolute atomic E-state index is 12.5. The Labute approximate surface area is 190 Å². The van der Waals surface area contributed by atoms with Crippen molar-refractivity contribution in [1.29, 1.82) is 0 Å². The standard InChI is InChI=1S/C25H22N4O2S/c30-22(19-10-4-1-5-11-19)18-32-25-28-27-23(29(25)21-14-8-3-9-15-21)16-17-26-24(31)20-12-6-2-7-13-20/h1-15H,16-18H2,(H,26,31). The van der Waals surface area contributed by atoms with E-state index in [0.717, 1.165) is 11.5 Å². The first kappa shape index (κ1) is 21.5. The van der Waals surface area contributed by atoms with Crippen LogP contribution in [-0.4, -0.2) is 38.8 Å². The van der Waals surface area contributed by atoms with Crippen LogP contribution < -0.4 is 5.32 Å². The second-order valence-electron chi connectivity index (χ2n) is 7.02. The van der Waals surface area contributed by atoms with Gasteiger partial charge >= 0.3 is 0 Å². The fourth-order valence-corrected chi connectivity index (χ4v) is 4.07. The van der Waals surface area contributed by atoms with Gasteiger partial charge in [0.1, 0.15) is 5.82 Å². The maximum Gasteiger partial charge on any atom is 0.251 e. The average molecular weight is 443 g/mol. The first-order valence-electron chi connectivity index (χ1n) is 10.3. The van der Waals surface area contributed by atoms with E-state index in [1.54, 1.807) is 12.1 Å². The van der Waals surface area contributed by atoms with E-state index in [0.29, 0.717) is 29.2 Å². The molecule has 7 heteroatoms. The zero-order valence-electron chi connectivity index (χ0n) is 17.3. The zero-order chi connectivity index (χ0) is 22.2. The van der Waals surface area contributed by atoms with Gasteiger partial charge in [-0.3, -0.25) is 14.2 Å². The normalized spacial score (nSPS) is 10.6. The summed E-state index contributed by atoms with van der Waals surface area (Å²) in [5, 5.41) is 12.2. The van der Waals surface area contributed by atoms with Gasteiger partial charge in [0, 0.05) is 29.8 Å². The predicted molar refractivity (Wildman–Crippen MR) is 125 cm³/mol. The highest BCUT2D eigenvalue weighted by atomic mass is 32.2. The topological polar surface area (TPSA) is 76.9 Å². The van der Waals surface area contributed by atoms with E-state index in [1.807, 2.05) is 83.4 Å². The van der Waals surface area contributed by atoms with Gasteiger partial charge < -0.3 is 5.32 Å². The summed E-state index contributed by atoms with van der Waals surface area (Å²) in [6.07, 6.45) is 0.508. The monoisotopic (exact) mass is 442 g/mol. The second-order valence-corrected chi connectivity index (χ2v) is 7.96. The fraction of sp³-hybridized carbons (Fsp3) is 0.120. The third-order valence-corrected chi connectivity index (χ3v) is 5.74. The van der Waals surface area contributed by atoms with E-state index in [9.17, 15) is 9.59 Å². The summed E-state index contributed by atoms with van der Waals surface area (Å²) >= 11 is 1.35. The van der Waals surface area contributed by atoms with Crippen LogP contribution in [0.5, 0.6) is 0 Å². The number of aromatic nitrogens is 3. The molecule has 4 aromatic rings. The summed E-state index contributed by atoms with van der Waals surface area (Å²) in [5.74, 6) is 0.897. The Bertz CT molecular complexity index is 1180. The number of Topliss-reactive ketones (excluding diaryl/α,β-unsaturated/α-hetero) is 1. The maximum atomic E-state index is 12.5. The lowest BCUT2D eigenvalue weighted by Crippen LogP contribution is -2.26. The molecule has 0 aliphatic carbocycles. The number of rotatable bonds is 9. The molecule has 0 aliphatic rings. The molecule has 1 heterocycles. The lowest BCUT2D eigenvalue weighted by Gasteiger charge is -2.10. The van der Waals surface area contributed by atoms with Crippen molar-refractivity contribution in [3.05, 3.63) is 108 Å². The van der Waals surface area contributed by atoms with E-state index in [1.165, 1.54) is 11.8 Å². The minimum absolute atomic E-state index is 0.0369. The summed E-state index contributed by atoms with van der Waals surface area (Å²) in [4.78, 5) is 24.8. The molecular weight excluding hydrogens is 420 g/mol. The molecule has 4 rings (SSSR count). The minimum atomic E-state index is -0.126. The number of hydrogen-bond acceptors (Lipinski definition) is 5. The Balaban J connectivity index is 1.47. The molecule has 0 bridgehead atoms. The van der Waals surface area contributed by atoms with Crippen LogP contribution in [0, 0.1) is 0 Å². The van der Waals surface area contributed by atoms with E-state index in [-0.39, 0.29) is 17.4 Å². The number of amides is 1. The summed E-state index contributed by atoms with van der Waals surface area (Å²) < 4.78 is 1.94. The highest BCUT2D eigenvalue weighted by Gasteiger charge is 2.16. The molecule has 0 fully saturated rings. The lowest BCUT2D eigenvalue weighted by molar-refractivity contribution is 0.0953. The molecule has 0 radical (unpaired) electrons. The van der Waals surface area contributed by atoms with E-state index in [2.05, 4.69) is 15.5 Å². The van der Waals surface area contributed by atoms with Gasteiger partial charge in [0.2, 0.25) is 0 Å². The van der Waals surface area contributed by atoms with Gasteiger partial charge in [-0.15, -0.1) is 10.2 Å². The zero-order valence-corrected chi connectivity index (χ0v) is 18.2. The SMILES string of the molecule is O=C(CSc1nnc(CCNC(=O)c2ccccc2)n1-c1ccccc1)c1ccccc1. The molecule has 0 aliphatic heterocycles. The van der Waals surface area contributed by atoms with E-state index in [4.69, 9.17) is 0 Å². The Morgan fingerprint density at radius 3 is 2.03 bits per heavy atom. The van der Waals surface area contributed by atoms with Crippen LogP contribution in [0.3, 0.4) is 0 Å². The third-order valence-electron chi connectivity index (χ3n) is 4.81. The van der Waals surface area contributed by atoms with Crippen molar-refractivity contribution in [2.45, 2.75) is 11.6 Å². The number of para-hydroxylation sites is 1. The van der Waals surface area contributed by atoms with Crippen LogP contribution in [0.4, 0.5) is 0 Å². The average Bonchev–Trinajstić information content (AvgIpc) is 3.26. The van der Waals surface area contributed by atoms with Crippen molar-refractivity contribution in [3.63, 3.8) is 0 Å². The van der Waals surface area contributed by atoms with Gasteiger partial charge in [0.25, 0.3) is 5.91 Å². The van der Waals surface area contributed by atoms with Crippen LogP contribution in [0.2, 0.25) is 0 Å². The summed E-state index contributed by atoms with van der Waals surface area (Å²) in [7, 11) is 0. The highest BCUT2D eigenvalue weighted by Crippen LogP contribution is 2.23. The quantitative estimate of drug-likeness (QED) is 0.310. The highest BCUT2D eigenvalue weighted by molar-refractivity contribution is 7.99. The van der Waals surface area contributed by atoms with Crippen LogP contribution in [-0.2, 0) is 6.42 Å². The van der Waals surface area contributed by atoms with Gasteiger partial charge in [0.05, 0.1) is 5.75 Å². The first-order chi connectivity index (χ1) is 15.7. The number of nitrogens with one attached hydrogen (secondary N) is 1. The number of benzene rings is 3. The molecule has 0 unspecified atom stereocenters. The number of carbonyl (C=O) groups is 2. The van der Waals surface area contributed by atoms with Crippen molar-refractivity contribution in [3.8, 4) is 5.69 Å². The smallest absolute Gasteiger partial charge is 0.251 e. The van der Waals surface area contributed by atoms with Gasteiger partial charge in [-0.25, -0.2) is 0 Å². The molecule has 0 saturated heterocycles. The van der Waals surface area contributed by atoms with E-state index < -0.39 is 0 Å². The lowest BCUT2D eigenvalue weighted by atomic mass is 10.2. The molecule has 1 aromatic heterocycles. The number of ketones is 1. The Morgan fingerprint density at radius 2 is 1.38 bits per heavy atom. The van der Waals surface area contributed by atoms with Crippen molar-refractivity contribution in [1.82, 2.24) is 20.1 Å². The minimum Gasteiger partial charge on any atom is -0.352 e. The molecule has 0 atom stereocenters. The van der Waals surface area contributed by atoms with Gasteiger partial charge in [-0.05, 0) is 24.3 Å². The molecule has 32 heavy (non-hydrogen) atoms. The van der Waals surface area contributed by atoms with Crippen LogP contribution in [0.15, 0.2) is 96.2 Å². The Kier molecular flexibility index (Phi) is 7.09. The molecule has 160 valence electrons. The van der Waals surface area contributed by atoms with Crippen molar-refractivity contribution >= 4 is 23.5 Å². The largest absolute Gasteiger partial charge is 0.352 e. The fourth-order valence-electron chi connectivity index (χ4n) is 3.21. The summed E-state index contributed by atoms with van der Waals surface area (Å²) in [6, 6.07) is 28.1. The van der Waals surface area contributed by atoms with Crippen molar-refractivity contribution in [2.24, 2.45) is 0 Å². The summed E-state index contributed by atoms with van der Waals surface area (Å²) in [6.45, 7) is 0.423. The van der Waals surface area contributed by atoms with Crippen LogP contribution >= 0.6 is 11.8 Å². The molecular formula is C25H22N4O2S. The molecule has 6 nitrogen and oxygen atoms in total. The molecule has 0 spiro atoms. The number of carbonyl (C=O) groups excluding carboxylic acids is 2. The summed E-state index contributed by atoms with van der Waals surface area (Å²) in [5.41, 5.74) is 2.21. The van der Waals surface area contributed by atoms with Crippen LogP contribution in [0.25, 0.3) is 5.69 Å². The molecule has 1 amide bonds. The van der Waals surface area contributed by atoms with Gasteiger partial charge in [-0.2, -0.15) is 0 Å². The Hall–Kier alpha value is -3.71. The molecule has 1 N–H and O–H groups in total. The first-order valence-corrected chi connectivity index (χ1v) is 11.2. The third kappa shape index (κ3) is 5.31. The van der Waals surface area contributed by atoms with Crippen LogP contribution in [0.1, 0.15) is 26.5 Å². The Morgan fingerprint density at radius 1 is 0.781 bits per heavy atom.